The summed E-state index contributed by atoms with van der Waals surface area (Å²) in [6.07, 6.45) is 3.42. The molecule has 1 fully saturated rings. The molecule has 1 aliphatic rings. The molecule has 24 nitrogen and oxygen atoms in total. The van der Waals surface area contributed by atoms with E-state index in [9.17, 15) is 58.2 Å². The van der Waals surface area contributed by atoms with Gasteiger partial charge in [-0.1, -0.05) is 72.6 Å². The highest BCUT2D eigenvalue weighted by molar-refractivity contribution is 5.99. The lowest BCUT2D eigenvalue weighted by Gasteiger charge is -2.31. The lowest BCUT2D eigenvalue weighted by atomic mass is 9.96. The van der Waals surface area contributed by atoms with Gasteiger partial charge in [-0.3, -0.25) is 43.2 Å². The summed E-state index contributed by atoms with van der Waals surface area (Å²) in [4.78, 5) is 138. The van der Waals surface area contributed by atoms with Gasteiger partial charge in [-0.05, 0) is 75.0 Å². The second-order valence-corrected chi connectivity index (χ2v) is 19.2. The number of benzene rings is 1. The topological polar surface area (TPSA) is 392 Å². The highest BCUT2D eigenvalue weighted by Crippen LogP contribution is 2.23. The molecule has 1 aromatic carbocycles. The van der Waals surface area contributed by atoms with E-state index in [1.807, 2.05) is 18.2 Å². The van der Waals surface area contributed by atoms with Crippen molar-refractivity contribution in [3.05, 3.63) is 36.0 Å². The molecule has 2 heterocycles. The smallest absolute Gasteiger partial charge is 0.326 e. The highest BCUT2D eigenvalue weighted by Gasteiger charge is 2.41. The maximum atomic E-state index is 14.6. The molecule has 16 N–H and O–H groups in total. The lowest BCUT2D eigenvalue weighted by Crippen LogP contribution is -2.61. The zero-order chi connectivity index (χ0) is 54.7. The molecule has 0 spiro atoms. The van der Waals surface area contributed by atoms with E-state index in [4.69, 9.17) is 17.2 Å². The van der Waals surface area contributed by atoms with Crippen LogP contribution in [-0.2, 0) is 54.4 Å². The molecule has 1 aliphatic heterocycles. The number of nitrogens with one attached hydrogen (secondary N) is 8. The number of likely N-dealkylation sites (tertiary alicyclic amines) is 1. The number of carbonyl (C=O) groups excluding carboxylic acids is 9. The normalized spacial score (nSPS) is 17.6. The zero-order valence-corrected chi connectivity index (χ0v) is 43.0. The average Bonchev–Trinajstić information content (AvgIpc) is 4.01. The SMILES string of the molecule is CC[C@H](C)[C@H](NC(=O)[C@H](Cc1c[nH]c2ccccc12)NC(=O)[C@@H]1CCCN1C(=O)[C@H](CO)NC(=O)[C@@H](NC(=O)[C@@H](N)CC(N)=O)[C@@H](C)CC)C(=O)N[C@@H](CCCCN)C(=O)N[C@@H](C)C(=O)N[C@H](C(=O)O)C(C)C. The van der Waals surface area contributed by atoms with Crippen molar-refractivity contribution >= 4 is 70.0 Å². The molecular formula is C49H78N12O12. The number of amides is 9. The number of fused-ring (bicyclic) bond motifs is 1. The van der Waals surface area contributed by atoms with Crippen molar-refractivity contribution in [3.63, 3.8) is 0 Å². The minimum absolute atomic E-state index is 0.0522. The number of carbonyl (C=O) groups is 10. The van der Waals surface area contributed by atoms with Crippen LogP contribution in [-0.4, -0.2) is 153 Å². The number of aliphatic hydroxyl groups excluding tert-OH is 1. The molecule has 0 bridgehead atoms. The number of rotatable bonds is 30. The molecule has 2 aromatic rings. The van der Waals surface area contributed by atoms with E-state index in [2.05, 4.69) is 42.2 Å². The summed E-state index contributed by atoms with van der Waals surface area (Å²) in [7, 11) is 0. The van der Waals surface area contributed by atoms with Crippen LogP contribution in [0.5, 0.6) is 0 Å². The van der Waals surface area contributed by atoms with Crippen LogP contribution in [0.2, 0.25) is 0 Å². The van der Waals surface area contributed by atoms with E-state index in [1.54, 1.807) is 53.8 Å². The highest BCUT2D eigenvalue weighted by atomic mass is 16.4. The predicted molar refractivity (Wildman–Crippen MR) is 269 cm³/mol. The average molecular weight is 1030 g/mol. The Morgan fingerprint density at radius 2 is 1.30 bits per heavy atom. The third-order valence-corrected chi connectivity index (χ3v) is 13.3. The van der Waals surface area contributed by atoms with Crippen LogP contribution in [0.4, 0.5) is 0 Å². The van der Waals surface area contributed by atoms with E-state index in [1.165, 1.54) is 11.8 Å². The number of nitrogens with two attached hydrogens (primary N) is 3. The van der Waals surface area contributed by atoms with Gasteiger partial charge in [0.25, 0.3) is 0 Å². The number of hydrogen-bond donors (Lipinski definition) is 13. The Morgan fingerprint density at radius 3 is 1.86 bits per heavy atom. The van der Waals surface area contributed by atoms with Crippen LogP contribution in [0.15, 0.2) is 30.5 Å². The Hall–Kier alpha value is -6.66. The van der Waals surface area contributed by atoms with Gasteiger partial charge in [-0.15, -0.1) is 0 Å². The van der Waals surface area contributed by atoms with E-state index < -0.39 is 144 Å². The summed E-state index contributed by atoms with van der Waals surface area (Å²) in [5.74, 6) is -9.71. The Kier molecular flexibility index (Phi) is 24.2. The molecule has 0 aliphatic carbocycles. The van der Waals surface area contributed by atoms with Crippen molar-refractivity contribution in [1.29, 1.82) is 0 Å². The number of unbranched alkanes of at least 4 members (excludes halogenated alkanes) is 1. The summed E-state index contributed by atoms with van der Waals surface area (Å²) in [6.45, 7) is 11.0. The van der Waals surface area contributed by atoms with Gasteiger partial charge >= 0.3 is 5.97 Å². The first-order valence-corrected chi connectivity index (χ1v) is 25.0. The van der Waals surface area contributed by atoms with Gasteiger partial charge in [-0.2, -0.15) is 0 Å². The Balaban J connectivity index is 1.90. The number of H-pyrrole nitrogens is 1. The van der Waals surface area contributed by atoms with Gasteiger partial charge in [0, 0.05) is 30.1 Å². The van der Waals surface area contributed by atoms with E-state index in [-0.39, 0.29) is 25.8 Å². The Labute approximate surface area is 425 Å². The lowest BCUT2D eigenvalue weighted by molar-refractivity contribution is -0.143. The number of primary amides is 1. The summed E-state index contributed by atoms with van der Waals surface area (Å²) < 4.78 is 0. The quantitative estimate of drug-likeness (QED) is 0.0387. The number of hydrogen-bond acceptors (Lipinski definition) is 13. The second kappa shape index (κ2) is 29.1. The third kappa shape index (κ3) is 17.5. The Bertz CT molecular complexity index is 2260. The number of aliphatic carboxylic acids is 1. The molecule has 9 amide bonds. The van der Waals surface area contributed by atoms with E-state index in [0.29, 0.717) is 44.2 Å². The third-order valence-electron chi connectivity index (χ3n) is 13.3. The molecule has 24 heteroatoms. The summed E-state index contributed by atoms with van der Waals surface area (Å²) in [5, 5.41) is 39.0. The molecule has 1 saturated heterocycles. The first kappa shape index (κ1) is 60.6. The molecule has 0 saturated carbocycles. The number of nitrogens with zero attached hydrogens (tertiary/aromatic N) is 1. The van der Waals surface area contributed by atoms with Gasteiger partial charge in [0.15, 0.2) is 0 Å². The van der Waals surface area contributed by atoms with Crippen LogP contribution in [0.1, 0.15) is 105 Å². The summed E-state index contributed by atoms with van der Waals surface area (Å²) in [5.41, 5.74) is 18.1. The van der Waals surface area contributed by atoms with Crippen molar-refractivity contribution < 1.29 is 58.2 Å². The zero-order valence-electron chi connectivity index (χ0n) is 43.0. The summed E-state index contributed by atoms with van der Waals surface area (Å²) >= 11 is 0. The minimum Gasteiger partial charge on any atom is -0.480 e. The van der Waals surface area contributed by atoms with Crippen molar-refractivity contribution in [3.8, 4) is 0 Å². The maximum absolute atomic E-state index is 14.6. The first-order chi connectivity index (χ1) is 34.5. The van der Waals surface area contributed by atoms with Gasteiger partial charge < -0.3 is 74.5 Å². The van der Waals surface area contributed by atoms with Gasteiger partial charge in [0.2, 0.25) is 53.2 Å². The standard InChI is InChI=1S/C49H78N12O12/c1-8-26(5)39(59-42(65)31(51)22-37(52)63)47(70)57-35(24-62)48(71)61-20-14-18-36(61)45(68)56-34(21-29-23-53-32-16-11-10-15-30(29)32)44(67)60-40(27(6)9-2)46(69)55-33(17-12-13-19-50)43(66)54-28(7)41(64)58-38(25(3)4)49(72)73/h10-11,15-16,23,25-28,31,33-36,38-40,53,62H,8-9,12-14,17-22,24,50-51H2,1-7H3,(H2,52,63)(H,54,66)(H,55,69)(H,56,68)(H,57,70)(H,58,64)(H,59,65)(H,60,67)(H,72,73)/t26-,27-,28-,31-,33-,34-,35-,36-,38-,39-,40-/m0/s1. The van der Waals surface area contributed by atoms with Gasteiger partial charge in [0.1, 0.15) is 48.3 Å². The number of para-hydroxylation sites is 1. The molecule has 0 radical (unpaired) electrons. The number of aromatic amines is 1. The van der Waals surface area contributed by atoms with Crippen LogP contribution >= 0.6 is 0 Å². The van der Waals surface area contributed by atoms with Crippen molar-refractivity contribution in [2.24, 2.45) is 35.0 Å². The molecule has 406 valence electrons. The number of carboxylic acids is 1. The molecule has 0 unspecified atom stereocenters. The van der Waals surface area contributed by atoms with Crippen LogP contribution in [0, 0.1) is 17.8 Å². The van der Waals surface area contributed by atoms with Gasteiger partial charge in [0.05, 0.1) is 19.1 Å². The fraction of sp³-hybridized carbons (Fsp3) is 0.633. The number of carboxylic acid groups (broad SMARTS) is 1. The largest absolute Gasteiger partial charge is 0.480 e. The van der Waals surface area contributed by atoms with Gasteiger partial charge in [-0.25, -0.2) is 4.79 Å². The molecular weight excluding hydrogens is 949 g/mol. The maximum Gasteiger partial charge on any atom is 0.326 e. The monoisotopic (exact) mass is 1030 g/mol. The second-order valence-electron chi connectivity index (χ2n) is 19.2. The molecule has 11 atom stereocenters. The fourth-order valence-corrected chi connectivity index (χ4v) is 8.37. The predicted octanol–water partition coefficient (Wildman–Crippen LogP) is -1.73. The van der Waals surface area contributed by atoms with Crippen molar-refractivity contribution in [2.75, 3.05) is 19.7 Å². The molecule has 1 aromatic heterocycles. The van der Waals surface area contributed by atoms with Crippen LogP contribution in [0.3, 0.4) is 0 Å². The van der Waals surface area contributed by atoms with E-state index in [0.717, 1.165) is 10.9 Å². The first-order valence-electron chi connectivity index (χ1n) is 25.0. The molecule has 3 rings (SSSR count). The Morgan fingerprint density at radius 1 is 0.726 bits per heavy atom. The number of aromatic nitrogens is 1. The van der Waals surface area contributed by atoms with Crippen LogP contribution in [0.25, 0.3) is 10.9 Å². The van der Waals surface area contributed by atoms with Crippen LogP contribution < -0.4 is 54.4 Å². The van der Waals surface area contributed by atoms with Crippen molar-refractivity contribution in [2.45, 2.75) is 161 Å². The fourth-order valence-electron chi connectivity index (χ4n) is 8.37. The minimum atomic E-state index is -1.56. The van der Waals surface area contributed by atoms with Crippen molar-refractivity contribution in [1.82, 2.24) is 47.1 Å². The number of aliphatic hydroxyl groups is 1. The summed E-state index contributed by atoms with van der Waals surface area (Å²) in [6, 6.07) is -4.22. The van der Waals surface area contributed by atoms with E-state index >= 15 is 0 Å². The molecule has 73 heavy (non-hydrogen) atoms.